The highest BCUT2D eigenvalue weighted by Gasteiger charge is 2.20. The summed E-state index contributed by atoms with van der Waals surface area (Å²) in [5.74, 6) is 0. The van der Waals surface area contributed by atoms with Crippen LogP contribution >= 0.6 is 34.4 Å². The Morgan fingerprint density at radius 1 is 1.00 bits per heavy atom. The molecule has 5 rings (SSSR count). The summed E-state index contributed by atoms with van der Waals surface area (Å²) in [5.41, 5.74) is 3.65. The Morgan fingerprint density at radius 2 is 1.86 bits per heavy atom. The Morgan fingerprint density at radius 3 is 2.66 bits per heavy atom. The van der Waals surface area contributed by atoms with Crippen LogP contribution in [-0.4, -0.2) is 4.98 Å². The van der Waals surface area contributed by atoms with Crippen molar-refractivity contribution >= 4 is 64.7 Å². The molecule has 0 saturated heterocycles. The first-order valence-corrected chi connectivity index (χ1v) is 12.1. The van der Waals surface area contributed by atoms with Crippen molar-refractivity contribution in [3.05, 3.63) is 71.6 Å². The molecule has 0 spiro atoms. The summed E-state index contributed by atoms with van der Waals surface area (Å²) < 4.78 is 3.94. The van der Waals surface area contributed by atoms with E-state index in [0.29, 0.717) is 0 Å². The van der Waals surface area contributed by atoms with Crippen molar-refractivity contribution in [2.45, 2.75) is 31.1 Å². The number of thiophene rings is 2. The highest BCUT2D eigenvalue weighted by molar-refractivity contribution is 8.02. The molecule has 2 aromatic carbocycles. The Balaban J connectivity index is 1.76. The van der Waals surface area contributed by atoms with Crippen LogP contribution in [0.4, 0.5) is 0 Å². The third-order valence-electron chi connectivity index (χ3n) is 5.23. The second-order valence-corrected chi connectivity index (χ2v) is 11.2. The van der Waals surface area contributed by atoms with Crippen LogP contribution in [-0.2, 0) is 5.41 Å². The highest BCUT2D eigenvalue weighted by Crippen LogP contribution is 2.42. The zero-order valence-corrected chi connectivity index (χ0v) is 19.1. The first-order chi connectivity index (χ1) is 14.0. The maximum atomic E-state index is 4.81. The van der Waals surface area contributed by atoms with Crippen molar-refractivity contribution in [1.29, 1.82) is 0 Å². The summed E-state index contributed by atoms with van der Waals surface area (Å²) >= 11 is 5.34. The van der Waals surface area contributed by atoms with Gasteiger partial charge in [0.15, 0.2) is 0 Å². The minimum atomic E-state index is 0.0553. The van der Waals surface area contributed by atoms with E-state index in [1.54, 1.807) is 23.1 Å². The quantitative estimate of drug-likeness (QED) is 0.265. The van der Waals surface area contributed by atoms with Crippen molar-refractivity contribution in [3.63, 3.8) is 0 Å². The second kappa shape index (κ2) is 6.98. The number of pyridine rings is 1. The smallest absolute Gasteiger partial charge is 0.0880 e. The minimum Gasteiger partial charge on any atom is -0.255 e. The fourth-order valence-corrected chi connectivity index (χ4v) is 6.69. The van der Waals surface area contributed by atoms with Crippen LogP contribution in [0.2, 0.25) is 0 Å². The van der Waals surface area contributed by atoms with Crippen LogP contribution in [0.1, 0.15) is 26.3 Å². The summed E-state index contributed by atoms with van der Waals surface area (Å²) in [6.07, 6.45) is 1.95. The summed E-state index contributed by atoms with van der Waals surface area (Å²) in [4.78, 5) is 6.08. The van der Waals surface area contributed by atoms with Crippen molar-refractivity contribution in [1.82, 2.24) is 4.98 Å². The van der Waals surface area contributed by atoms with Gasteiger partial charge in [-0.25, -0.2) is 0 Å². The third-order valence-corrected chi connectivity index (χ3v) is 8.06. The number of nitrogens with zero attached hydrogens (tertiary/aromatic N) is 1. The van der Waals surface area contributed by atoms with E-state index in [9.17, 15) is 0 Å². The van der Waals surface area contributed by atoms with Crippen LogP contribution in [0.5, 0.6) is 0 Å². The van der Waals surface area contributed by atoms with Crippen LogP contribution < -0.4 is 0 Å². The largest absolute Gasteiger partial charge is 0.255 e. The van der Waals surface area contributed by atoms with Gasteiger partial charge in [-0.2, -0.15) is 0 Å². The molecule has 3 aromatic heterocycles. The SMILES string of the molecule is C=CSc1ccc(-c2nccc3c2sc2cc4ccsc4cc23)cc1C(C)(C)C. The molecule has 0 radical (unpaired) electrons. The molecule has 3 heterocycles. The van der Waals surface area contributed by atoms with E-state index in [2.05, 4.69) is 75.2 Å². The van der Waals surface area contributed by atoms with Crippen LogP contribution in [0.15, 0.2) is 70.9 Å². The predicted molar refractivity (Wildman–Crippen MR) is 133 cm³/mol. The molecule has 0 unspecified atom stereocenters. The van der Waals surface area contributed by atoms with E-state index in [-0.39, 0.29) is 5.41 Å². The molecule has 0 bridgehead atoms. The van der Waals surface area contributed by atoms with Gasteiger partial charge in [0.1, 0.15) is 0 Å². The van der Waals surface area contributed by atoms with Gasteiger partial charge >= 0.3 is 0 Å². The Hall–Kier alpha value is -2.14. The molecule has 0 aliphatic heterocycles. The van der Waals surface area contributed by atoms with Crippen LogP contribution in [0.25, 0.3) is 41.5 Å². The van der Waals surface area contributed by atoms with Gasteiger partial charge in [-0.05, 0) is 63.6 Å². The Kier molecular flexibility index (Phi) is 4.54. The first kappa shape index (κ1) is 18.9. The zero-order valence-electron chi connectivity index (χ0n) is 16.7. The molecule has 0 aliphatic carbocycles. The summed E-state index contributed by atoms with van der Waals surface area (Å²) in [6, 6.07) is 15.7. The monoisotopic (exact) mass is 431 g/mol. The zero-order chi connectivity index (χ0) is 20.2. The summed E-state index contributed by atoms with van der Waals surface area (Å²) in [7, 11) is 0. The molecule has 144 valence electrons. The number of thioether (sulfide) groups is 1. The molecule has 4 heteroatoms. The minimum absolute atomic E-state index is 0.0553. The number of benzene rings is 2. The lowest BCUT2D eigenvalue weighted by Gasteiger charge is -2.23. The number of fused-ring (bicyclic) bond motifs is 4. The lowest BCUT2D eigenvalue weighted by molar-refractivity contribution is 0.578. The van der Waals surface area contributed by atoms with Crippen LogP contribution in [0.3, 0.4) is 0 Å². The van der Waals surface area contributed by atoms with Crippen molar-refractivity contribution in [2.24, 2.45) is 0 Å². The number of rotatable bonds is 3. The summed E-state index contributed by atoms with van der Waals surface area (Å²) in [5, 5.41) is 8.02. The van der Waals surface area contributed by atoms with Gasteiger partial charge in [0.25, 0.3) is 0 Å². The summed E-state index contributed by atoms with van der Waals surface area (Å²) in [6.45, 7) is 10.7. The maximum absolute atomic E-state index is 4.81. The van der Waals surface area contributed by atoms with E-state index >= 15 is 0 Å². The molecule has 29 heavy (non-hydrogen) atoms. The molecule has 0 saturated carbocycles. The molecule has 1 nitrogen and oxygen atoms in total. The average Bonchev–Trinajstić information content (AvgIpc) is 3.29. The van der Waals surface area contributed by atoms with Gasteiger partial charge in [-0.1, -0.05) is 45.2 Å². The standard InChI is InChI=1S/C25H21NS3/c1-5-27-20-7-6-16(12-19(20)25(2,3)4)23-24-17(8-10-26-23)18-14-21-15(9-11-28-21)13-22(18)29-24/h5-14H,1H2,2-4H3. The van der Waals surface area contributed by atoms with Gasteiger partial charge in [-0.15, -0.1) is 22.7 Å². The molecule has 0 fully saturated rings. The number of aromatic nitrogens is 1. The van der Waals surface area contributed by atoms with Gasteiger partial charge < -0.3 is 0 Å². The molecular formula is C25H21NS3. The normalized spacial score (nSPS) is 12.2. The van der Waals surface area contributed by atoms with E-state index in [0.717, 1.165) is 5.69 Å². The van der Waals surface area contributed by atoms with Gasteiger partial charge in [-0.3, -0.25) is 4.98 Å². The Bertz CT molecular complexity index is 1380. The Labute approximate surface area is 183 Å². The van der Waals surface area contributed by atoms with E-state index < -0.39 is 0 Å². The van der Waals surface area contributed by atoms with E-state index in [1.807, 2.05) is 22.9 Å². The van der Waals surface area contributed by atoms with Gasteiger partial charge in [0.05, 0.1) is 10.4 Å². The molecule has 0 amide bonds. The molecular weight excluding hydrogens is 410 g/mol. The van der Waals surface area contributed by atoms with E-state index in [1.165, 1.54) is 46.3 Å². The molecule has 0 N–H and O–H groups in total. The lowest BCUT2D eigenvalue weighted by Crippen LogP contribution is -2.12. The van der Waals surface area contributed by atoms with Gasteiger partial charge in [0.2, 0.25) is 0 Å². The maximum Gasteiger partial charge on any atom is 0.0880 e. The highest BCUT2D eigenvalue weighted by atomic mass is 32.2. The van der Waals surface area contributed by atoms with E-state index in [4.69, 9.17) is 4.98 Å². The number of hydrogen-bond donors (Lipinski definition) is 0. The molecule has 5 aromatic rings. The van der Waals surface area contributed by atoms with Crippen molar-refractivity contribution < 1.29 is 0 Å². The predicted octanol–water partition coefficient (Wildman–Crippen LogP) is 8.86. The average molecular weight is 432 g/mol. The first-order valence-electron chi connectivity index (χ1n) is 9.56. The molecule has 0 atom stereocenters. The fraction of sp³-hybridized carbons (Fsp3) is 0.160. The molecule has 0 aliphatic rings. The van der Waals surface area contributed by atoms with Crippen molar-refractivity contribution in [2.75, 3.05) is 0 Å². The topological polar surface area (TPSA) is 12.9 Å². The fourth-order valence-electron chi connectivity index (χ4n) is 3.82. The lowest BCUT2D eigenvalue weighted by atomic mass is 9.85. The van der Waals surface area contributed by atoms with Gasteiger partial charge in [0, 0.05) is 36.8 Å². The van der Waals surface area contributed by atoms with Crippen molar-refractivity contribution in [3.8, 4) is 11.3 Å². The van der Waals surface area contributed by atoms with Crippen LogP contribution in [0, 0.1) is 0 Å². The third kappa shape index (κ3) is 3.20. The number of hydrogen-bond acceptors (Lipinski definition) is 4. The second-order valence-electron chi connectivity index (χ2n) is 8.19.